The minimum atomic E-state index is -3.88. The number of nitrogens with zero attached hydrogens (tertiary/aromatic N) is 5. The Balaban J connectivity index is 1.79. The Labute approximate surface area is 190 Å². The fraction of sp³-hybridized carbons (Fsp3) is 0.238. The summed E-state index contributed by atoms with van der Waals surface area (Å²) in [7, 11) is -0.872. The van der Waals surface area contributed by atoms with Gasteiger partial charge in [-0.2, -0.15) is 0 Å². The van der Waals surface area contributed by atoms with Crippen molar-refractivity contribution < 1.29 is 22.3 Å². The van der Waals surface area contributed by atoms with Crippen molar-refractivity contribution in [3.05, 3.63) is 60.9 Å². The van der Waals surface area contributed by atoms with Crippen LogP contribution in [0, 0.1) is 0 Å². The lowest BCUT2D eigenvalue weighted by atomic mass is 10.2. The van der Waals surface area contributed by atoms with Crippen LogP contribution in [-0.2, 0) is 16.4 Å². The summed E-state index contributed by atoms with van der Waals surface area (Å²) >= 11 is 0. The Hall–Kier alpha value is -3.93. The van der Waals surface area contributed by atoms with Gasteiger partial charge in [0.05, 0.1) is 25.7 Å². The molecule has 0 aliphatic rings. The molecule has 33 heavy (non-hydrogen) atoms. The van der Waals surface area contributed by atoms with Crippen LogP contribution in [0.1, 0.15) is 12.5 Å². The minimum Gasteiger partial charge on any atom is -0.494 e. The van der Waals surface area contributed by atoms with E-state index in [0.717, 1.165) is 0 Å². The molecule has 0 unspecified atom stereocenters. The lowest BCUT2D eigenvalue weighted by molar-refractivity contribution is 0.391. The van der Waals surface area contributed by atoms with Gasteiger partial charge < -0.3 is 13.9 Å². The molecule has 0 saturated carbocycles. The average Bonchev–Trinajstić information content (AvgIpc) is 3.49. The van der Waals surface area contributed by atoms with Gasteiger partial charge in [0.25, 0.3) is 0 Å². The average molecular weight is 471 g/mol. The number of para-hydroxylation sites is 1. The highest BCUT2D eigenvalue weighted by molar-refractivity contribution is 7.93. The fourth-order valence-corrected chi connectivity index (χ4v) is 4.28. The Kier molecular flexibility index (Phi) is 6.27. The second kappa shape index (κ2) is 9.28. The molecule has 4 rings (SSSR count). The summed E-state index contributed by atoms with van der Waals surface area (Å²) < 4.78 is 46.9. The van der Waals surface area contributed by atoms with Gasteiger partial charge in [-0.05, 0) is 43.2 Å². The van der Waals surface area contributed by atoms with Crippen LogP contribution in [0.25, 0.3) is 17.3 Å². The van der Waals surface area contributed by atoms with E-state index in [4.69, 9.17) is 13.9 Å². The maximum atomic E-state index is 13.2. The van der Waals surface area contributed by atoms with Crippen LogP contribution in [0.15, 0.2) is 59.7 Å². The molecule has 4 aromatic rings. The van der Waals surface area contributed by atoms with E-state index in [-0.39, 0.29) is 18.2 Å². The van der Waals surface area contributed by atoms with Gasteiger partial charge in [-0.1, -0.05) is 6.07 Å². The predicted octanol–water partition coefficient (Wildman–Crippen LogP) is 2.71. The third-order valence-corrected chi connectivity index (χ3v) is 6.62. The van der Waals surface area contributed by atoms with Crippen LogP contribution in [0.3, 0.4) is 0 Å². The van der Waals surface area contributed by atoms with Crippen LogP contribution in [0.5, 0.6) is 11.5 Å². The number of furan rings is 1. The molecule has 1 aromatic carbocycles. The first kappa shape index (κ1) is 22.3. The molecule has 0 aliphatic heterocycles. The quantitative estimate of drug-likeness (QED) is 0.392. The summed E-state index contributed by atoms with van der Waals surface area (Å²) in [6.45, 7) is 1.59. The predicted molar refractivity (Wildman–Crippen MR) is 120 cm³/mol. The summed E-state index contributed by atoms with van der Waals surface area (Å²) in [6.07, 6.45) is 6.25. The third-order valence-electron chi connectivity index (χ3n) is 4.93. The lowest BCUT2D eigenvalue weighted by Gasteiger charge is -2.18. The van der Waals surface area contributed by atoms with Crippen LogP contribution in [0.4, 0.5) is 5.95 Å². The van der Waals surface area contributed by atoms with Crippen LogP contribution < -0.4 is 14.2 Å². The van der Waals surface area contributed by atoms with Gasteiger partial charge in [-0.25, -0.2) is 18.4 Å². The van der Waals surface area contributed by atoms with E-state index in [9.17, 15) is 8.42 Å². The van der Waals surface area contributed by atoms with E-state index in [1.807, 2.05) is 0 Å². The second-order valence-electron chi connectivity index (χ2n) is 7.08. The summed E-state index contributed by atoms with van der Waals surface area (Å²) in [4.78, 5) is 7.87. The molecule has 0 amide bonds. The molecule has 172 valence electrons. The van der Waals surface area contributed by atoms with Crippen molar-refractivity contribution in [3.63, 3.8) is 0 Å². The zero-order chi connectivity index (χ0) is 23.4. The summed E-state index contributed by atoms with van der Waals surface area (Å²) in [5.74, 6) is 1.47. The molecule has 0 aliphatic carbocycles. The zero-order valence-corrected chi connectivity index (χ0v) is 19.0. The van der Waals surface area contributed by atoms with Crippen LogP contribution in [-0.4, -0.2) is 52.6 Å². The smallest absolute Gasteiger partial charge is 0.243 e. The fourth-order valence-electron chi connectivity index (χ4n) is 3.28. The van der Waals surface area contributed by atoms with E-state index in [2.05, 4.69) is 24.9 Å². The summed E-state index contributed by atoms with van der Waals surface area (Å²) in [5, 5.41) is 7.47. The first-order valence-electron chi connectivity index (χ1n) is 9.90. The SMILES string of the molecule is COc1cccc(OC)c1-n1c(NS(=O)(=O)[C@H](C)Cc2cncnc2)nnc1-c1ccco1. The molecule has 3 heterocycles. The third kappa shape index (κ3) is 4.51. The number of nitrogens with one attached hydrogen (secondary N) is 1. The van der Waals surface area contributed by atoms with Crippen molar-refractivity contribution in [3.8, 4) is 28.8 Å². The first-order valence-corrected chi connectivity index (χ1v) is 11.5. The van der Waals surface area contributed by atoms with Crippen molar-refractivity contribution in [2.24, 2.45) is 0 Å². The van der Waals surface area contributed by atoms with Crippen LogP contribution >= 0.6 is 0 Å². The highest BCUT2D eigenvalue weighted by Gasteiger charge is 2.28. The van der Waals surface area contributed by atoms with Crippen LogP contribution in [0.2, 0.25) is 0 Å². The van der Waals surface area contributed by atoms with Gasteiger partial charge in [-0.15, -0.1) is 10.2 Å². The van der Waals surface area contributed by atoms with E-state index in [1.165, 1.54) is 31.4 Å². The van der Waals surface area contributed by atoms with Gasteiger partial charge in [0.2, 0.25) is 21.8 Å². The molecule has 3 aromatic heterocycles. The molecule has 0 fully saturated rings. The van der Waals surface area contributed by atoms with E-state index >= 15 is 0 Å². The number of rotatable bonds is 9. The number of hydrogen-bond acceptors (Lipinski definition) is 9. The Morgan fingerprint density at radius 3 is 2.36 bits per heavy atom. The van der Waals surface area contributed by atoms with Gasteiger partial charge in [-0.3, -0.25) is 9.29 Å². The number of anilines is 1. The first-order chi connectivity index (χ1) is 15.9. The second-order valence-corrected chi connectivity index (χ2v) is 9.18. The standard InChI is InChI=1S/C21H22N6O5S/c1-14(10-15-11-22-13-23-12-15)33(28,29)26-21-25-24-20(18-8-5-9-32-18)27(21)19-16(30-2)6-4-7-17(19)31-3/h4-9,11-14H,10H2,1-3H3,(H,25,26)/t14-/m1/s1. The van der Waals surface area contributed by atoms with Gasteiger partial charge in [0.1, 0.15) is 23.5 Å². The molecule has 1 atom stereocenters. The summed E-state index contributed by atoms with van der Waals surface area (Å²) in [6, 6.07) is 8.59. The van der Waals surface area contributed by atoms with Gasteiger partial charge in [0.15, 0.2) is 5.76 Å². The Morgan fingerprint density at radius 2 is 1.76 bits per heavy atom. The number of ether oxygens (including phenoxy) is 2. The molecule has 11 nitrogen and oxygen atoms in total. The monoisotopic (exact) mass is 470 g/mol. The molecule has 0 radical (unpaired) electrons. The van der Waals surface area contributed by atoms with E-state index in [1.54, 1.807) is 49.6 Å². The molecule has 0 saturated heterocycles. The van der Waals surface area contributed by atoms with Crippen molar-refractivity contribution >= 4 is 16.0 Å². The minimum absolute atomic E-state index is 0.0413. The van der Waals surface area contributed by atoms with Gasteiger partial charge >= 0.3 is 0 Å². The lowest BCUT2D eigenvalue weighted by Crippen LogP contribution is -2.28. The van der Waals surface area contributed by atoms with Crippen molar-refractivity contribution in [2.45, 2.75) is 18.6 Å². The highest BCUT2D eigenvalue weighted by Crippen LogP contribution is 2.37. The number of hydrogen-bond donors (Lipinski definition) is 1. The Morgan fingerprint density at radius 1 is 1.06 bits per heavy atom. The largest absolute Gasteiger partial charge is 0.494 e. The number of sulfonamides is 1. The molecule has 1 N–H and O–H groups in total. The number of aromatic nitrogens is 5. The zero-order valence-electron chi connectivity index (χ0n) is 18.2. The maximum Gasteiger partial charge on any atom is 0.243 e. The molecular weight excluding hydrogens is 448 g/mol. The highest BCUT2D eigenvalue weighted by atomic mass is 32.2. The number of benzene rings is 1. The van der Waals surface area contributed by atoms with Crippen molar-refractivity contribution in [2.75, 3.05) is 18.9 Å². The van der Waals surface area contributed by atoms with Crippen molar-refractivity contribution in [1.82, 2.24) is 24.7 Å². The summed E-state index contributed by atoms with van der Waals surface area (Å²) in [5.41, 5.74) is 1.11. The topological polar surface area (TPSA) is 134 Å². The molecule has 0 bridgehead atoms. The van der Waals surface area contributed by atoms with E-state index < -0.39 is 15.3 Å². The number of methoxy groups -OCH3 is 2. The van der Waals surface area contributed by atoms with Crippen molar-refractivity contribution in [1.29, 1.82) is 0 Å². The maximum absolute atomic E-state index is 13.2. The Bertz CT molecular complexity index is 1300. The van der Waals surface area contributed by atoms with Gasteiger partial charge in [0, 0.05) is 12.4 Å². The molecular formula is C21H22N6O5S. The van der Waals surface area contributed by atoms with E-state index in [0.29, 0.717) is 28.5 Å². The molecule has 12 heteroatoms. The molecule has 0 spiro atoms. The normalized spacial score (nSPS) is 12.3.